The van der Waals surface area contributed by atoms with Crippen LogP contribution in [0.15, 0.2) is 35.7 Å². The van der Waals surface area contributed by atoms with E-state index in [9.17, 15) is 4.79 Å². The molecule has 1 amide bonds. The highest BCUT2D eigenvalue weighted by Gasteiger charge is 2.10. The number of carbonyl (C=O) groups excluding carboxylic acids is 1. The molecule has 3 N–H and O–H groups in total. The number of hydrogen-bond donors (Lipinski definition) is 2. The van der Waals surface area contributed by atoms with Gasteiger partial charge in [0.1, 0.15) is 5.75 Å². The summed E-state index contributed by atoms with van der Waals surface area (Å²) in [6.45, 7) is 0.593. The predicted molar refractivity (Wildman–Crippen MR) is 77.8 cm³/mol. The second-order valence-corrected chi connectivity index (χ2v) is 5.07. The summed E-state index contributed by atoms with van der Waals surface area (Å²) in [6.07, 6.45) is 0.827. The van der Waals surface area contributed by atoms with Crippen LogP contribution in [-0.2, 0) is 6.42 Å². The molecule has 19 heavy (non-hydrogen) atoms. The third-order valence-corrected chi connectivity index (χ3v) is 3.68. The Morgan fingerprint density at radius 1 is 1.42 bits per heavy atom. The number of anilines is 1. The van der Waals surface area contributed by atoms with E-state index in [0.717, 1.165) is 6.42 Å². The van der Waals surface area contributed by atoms with Crippen LogP contribution in [0.2, 0.25) is 0 Å². The van der Waals surface area contributed by atoms with Crippen molar-refractivity contribution in [3.63, 3.8) is 0 Å². The maximum absolute atomic E-state index is 12.0. The van der Waals surface area contributed by atoms with Gasteiger partial charge in [0, 0.05) is 17.1 Å². The van der Waals surface area contributed by atoms with Gasteiger partial charge in [-0.05, 0) is 36.1 Å². The number of nitrogens with two attached hydrogens (primary N) is 1. The molecule has 0 unspecified atom stereocenters. The van der Waals surface area contributed by atoms with Crippen molar-refractivity contribution in [2.45, 2.75) is 6.42 Å². The summed E-state index contributed by atoms with van der Waals surface area (Å²) in [5.74, 6) is 0.450. The molecule has 0 saturated heterocycles. The lowest BCUT2D eigenvalue weighted by Gasteiger charge is -2.08. The summed E-state index contributed by atoms with van der Waals surface area (Å²) in [6, 6.07) is 9.11. The first-order valence-electron chi connectivity index (χ1n) is 5.95. The zero-order valence-corrected chi connectivity index (χ0v) is 11.5. The van der Waals surface area contributed by atoms with Gasteiger partial charge < -0.3 is 15.8 Å². The maximum Gasteiger partial charge on any atom is 0.253 e. The van der Waals surface area contributed by atoms with Crippen molar-refractivity contribution in [2.24, 2.45) is 0 Å². The SMILES string of the molecule is COc1ccc(N)c(C(=O)NCCc2cccs2)c1. The van der Waals surface area contributed by atoms with Crippen LogP contribution in [0.25, 0.3) is 0 Å². The van der Waals surface area contributed by atoms with Crippen molar-refractivity contribution in [2.75, 3.05) is 19.4 Å². The Labute approximate surface area is 116 Å². The normalized spacial score (nSPS) is 10.2. The Bertz CT molecular complexity index is 553. The molecule has 0 aliphatic heterocycles. The van der Waals surface area contributed by atoms with Gasteiger partial charge in [-0.25, -0.2) is 0 Å². The van der Waals surface area contributed by atoms with Crippen molar-refractivity contribution in [1.82, 2.24) is 5.32 Å². The van der Waals surface area contributed by atoms with E-state index >= 15 is 0 Å². The van der Waals surface area contributed by atoms with Gasteiger partial charge in [-0.3, -0.25) is 4.79 Å². The molecule has 2 aromatic rings. The zero-order valence-electron chi connectivity index (χ0n) is 10.7. The van der Waals surface area contributed by atoms with Crippen LogP contribution in [-0.4, -0.2) is 19.6 Å². The third kappa shape index (κ3) is 3.48. The highest BCUT2D eigenvalue weighted by atomic mass is 32.1. The molecule has 2 rings (SSSR count). The average Bonchev–Trinajstić information content (AvgIpc) is 2.92. The number of methoxy groups -OCH3 is 1. The van der Waals surface area contributed by atoms with Crippen molar-refractivity contribution in [3.05, 3.63) is 46.2 Å². The summed E-state index contributed by atoms with van der Waals surface area (Å²) < 4.78 is 5.09. The Kier molecular flexibility index (Phi) is 4.41. The van der Waals surface area contributed by atoms with E-state index in [1.165, 1.54) is 4.88 Å². The molecule has 4 nitrogen and oxygen atoms in total. The monoisotopic (exact) mass is 276 g/mol. The van der Waals surface area contributed by atoms with E-state index in [4.69, 9.17) is 10.5 Å². The topological polar surface area (TPSA) is 64.3 Å². The van der Waals surface area contributed by atoms with Crippen molar-refractivity contribution in [3.8, 4) is 5.75 Å². The molecule has 0 saturated carbocycles. The number of benzene rings is 1. The number of rotatable bonds is 5. The van der Waals surface area contributed by atoms with E-state index in [1.54, 1.807) is 36.6 Å². The Balaban J connectivity index is 1.95. The fraction of sp³-hybridized carbons (Fsp3) is 0.214. The van der Waals surface area contributed by atoms with E-state index < -0.39 is 0 Å². The van der Waals surface area contributed by atoms with Crippen LogP contribution in [0, 0.1) is 0 Å². The predicted octanol–water partition coefficient (Wildman–Crippen LogP) is 2.31. The molecule has 1 heterocycles. The van der Waals surface area contributed by atoms with E-state index in [-0.39, 0.29) is 5.91 Å². The van der Waals surface area contributed by atoms with Crippen LogP contribution in [0.4, 0.5) is 5.69 Å². The number of amides is 1. The van der Waals surface area contributed by atoms with Crippen molar-refractivity contribution < 1.29 is 9.53 Å². The number of hydrogen-bond acceptors (Lipinski definition) is 4. The van der Waals surface area contributed by atoms with Crippen LogP contribution in [0.3, 0.4) is 0 Å². The number of ether oxygens (including phenoxy) is 1. The average molecular weight is 276 g/mol. The quantitative estimate of drug-likeness (QED) is 0.824. The lowest BCUT2D eigenvalue weighted by molar-refractivity contribution is 0.0955. The summed E-state index contributed by atoms with van der Waals surface area (Å²) in [4.78, 5) is 13.3. The fourth-order valence-corrected chi connectivity index (χ4v) is 2.42. The van der Waals surface area contributed by atoms with Gasteiger partial charge in [-0.1, -0.05) is 6.07 Å². The maximum atomic E-state index is 12.0. The van der Waals surface area contributed by atoms with E-state index in [2.05, 4.69) is 11.4 Å². The second kappa shape index (κ2) is 6.24. The molecule has 0 radical (unpaired) electrons. The molecule has 100 valence electrons. The summed E-state index contributed by atoms with van der Waals surface area (Å²) >= 11 is 1.68. The van der Waals surface area contributed by atoms with Crippen LogP contribution in [0.1, 0.15) is 15.2 Å². The minimum absolute atomic E-state index is 0.173. The first kappa shape index (κ1) is 13.4. The molecule has 1 aromatic heterocycles. The lowest BCUT2D eigenvalue weighted by atomic mass is 10.1. The standard InChI is InChI=1S/C14H16N2O2S/c1-18-10-4-5-13(15)12(9-10)14(17)16-7-6-11-3-2-8-19-11/h2-5,8-9H,6-7,15H2,1H3,(H,16,17). The lowest BCUT2D eigenvalue weighted by Crippen LogP contribution is -2.26. The summed E-state index contributed by atoms with van der Waals surface area (Å²) in [5.41, 5.74) is 6.70. The van der Waals surface area contributed by atoms with Gasteiger partial charge in [0.15, 0.2) is 0 Å². The smallest absolute Gasteiger partial charge is 0.253 e. The van der Waals surface area contributed by atoms with Crippen LogP contribution < -0.4 is 15.8 Å². The first-order valence-corrected chi connectivity index (χ1v) is 6.83. The van der Waals surface area contributed by atoms with Crippen molar-refractivity contribution in [1.29, 1.82) is 0 Å². The molecular weight excluding hydrogens is 260 g/mol. The molecule has 0 aliphatic carbocycles. The molecular formula is C14H16N2O2S. The summed E-state index contributed by atoms with van der Waals surface area (Å²) in [5, 5.41) is 4.89. The molecule has 0 fully saturated rings. The first-order chi connectivity index (χ1) is 9.20. The van der Waals surface area contributed by atoms with Crippen LogP contribution >= 0.6 is 11.3 Å². The summed E-state index contributed by atoms with van der Waals surface area (Å²) in [7, 11) is 1.56. The largest absolute Gasteiger partial charge is 0.497 e. The van der Waals surface area contributed by atoms with Gasteiger partial charge in [-0.15, -0.1) is 11.3 Å². The molecule has 0 aliphatic rings. The van der Waals surface area contributed by atoms with Gasteiger partial charge in [-0.2, -0.15) is 0 Å². The van der Waals surface area contributed by atoms with Gasteiger partial charge in [0.05, 0.1) is 12.7 Å². The number of nitrogens with one attached hydrogen (secondary N) is 1. The molecule has 0 spiro atoms. The second-order valence-electron chi connectivity index (χ2n) is 4.04. The number of nitrogen functional groups attached to an aromatic ring is 1. The number of carbonyl (C=O) groups is 1. The fourth-order valence-electron chi connectivity index (χ4n) is 1.71. The van der Waals surface area contributed by atoms with Gasteiger partial charge >= 0.3 is 0 Å². The van der Waals surface area contributed by atoms with Crippen molar-refractivity contribution >= 4 is 22.9 Å². The zero-order chi connectivity index (χ0) is 13.7. The van der Waals surface area contributed by atoms with E-state index in [0.29, 0.717) is 23.5 Å². The minimum Gasteiger partial charge on any atom is -0.497 e. The number of thiophene rings is 1. The highest BCUT2D eigenvalue weighted by Crippen LogP contribution is 2.19. The molecule has 0 atom stereocenters. The molecule has 0 bridgehead atoms. The molecule has 5 heteroatoms. The van der Waals surface area contributed by atoms with Gasteiger partial charge in [0.25, 0.3) is 5.91 Å². The molecule has 1 aromatic carbocycles. The van der Waals surface area contributed by atoms with Gasteiger partial charge in [0.2, 0.25) is 0 Å². The minimum atomic E-state index is -0.173. The Morgan fingerprint density at radius 2 is 2.26 bits per heavy atom. The highest BCUT2D eigenvalue weighted by molar-refractivity contribution is 7.09. The van der Waals surface area contributed by atoms with E-state index in [1.807, 2.05) is 11.4 Å². The third-order valence-electron chi connectivity index (χ3n) is 2.74. The Morgan fingerprint density at radius 3 is 2.95 bits per heavy atom. The Hall–Kier alpha value is -2.01. The van der Waals surface area contributed by atoms with Crippen LogP contribution in [0.5, 0.6) is 5.75 Å².